The molecule has 0 atom stereocenters. The van der Waals surface area contributed by atoms with Crippen molar-refractivity contribution in [3.8, 4) is 23.1 Å². The van der Waals surface area contributed by atoms with Gasteiger partial charge in [0.05, 0.1) is 23.8 Å². The number of alkyl halides is 3. The van der Waals surface area contributed by atoms with Gasteiger partial charge in [0.2, 0.25) is 5.88 Å². The Bertz CT molecular complexity index is 1060. The van der Waals surface area contributed by atoms with Crippen molar-refractivity contribution in [1.29, 1.82) is 0 Å². The van der Waals surface area contributed by atoms with E-state index >= 15 is 0 Å². The molecule has 0 amide bonds. The Morgan fingerprint density at radius 2 is 1.69 bits per heavy atom. The topological polar surface area (TPSA) is 53.0 Å². The van der Waals surface area contributed by atoms with Gasteiger partial charge in [-0.15, -0.1) is 13.2 Å². The van der Waals surface area contributed by atoms with Crippen molar-refractivity contribution in [2.24, 2.45) is 0 Å². The third kappa shape index (κ3) is 5.93. The molecule has 1 saturated heterocycles. The number of halogens is 4. The van der Waals surface area contributed by atoms with Gasteiger partial charge in [-0.2, -0.15) is 0 Å². The van der Waals surface area contributed by atoms with Crippen LogP contribution >= 0.6 is 11.6 Å². The van der Waals surface area contributed by atoms with E-state index in [1.807, 2.05) is 0 Å². The summed E-state index contributed by atoms with van der Waals surface area (Å²) in [6.07, 6.45) is -4.75. The van der Waals surface area contributed by atoms with Crippen molar-refractivity contribution in [3.63, 3.8) is 0 Å². The van der Waals surface area contributed by atoms with Gasteiger partial charge in [-0.3, -0.25) is 4.90 Å². The molecule has 1 aromatic heterocycles. The fourth-order valence-corrected chi connectivity index (χ4v) is 3.47. The monoisotopic (exact) mass is 468 g/mol. The Morgan fingerprint density at radius 1 is 0.969 bits per heavy atom. The van der Waals surface area contributed by atoms with Crippen molar-refractivity contribution in [3.05, 3.63) is 53.6 Å². The summed E-state index contributed by atoms with van der Waals surface area (Å²) in [7, 11) is 0. The molecule has 10 heteroatoms. The number of pyridine rings is 1. The van der Waals surface area contributed by atoms with Crippen molar-refractivity contribution in [2.75, 3.05) is 39.5 Å². The molecule has 0 bridgehead atoms. The van der Waals surface area contributed by atoms with Gasteiger partial charge in [-0.05, 0) is 42.5 Å². The number of ether oxygens (including phenoxy) is 4. The third-order valence-corrected chi connectivity index (χ3v) is 5.10. The summed E-state index contributed by atoms with van der Waals surface area (Å²) in [6.45, 7) is 4.54. The van der Waals surface area contributed by atoms with Crippen LogP contribution in [0.3, 0.4) is 0 Å². The number of aromatic nitrogens is 1. The van der Waals surface area contributed by atoms with Crippen molar-refractivity contribution >= 4 is 22.5 Å². The molecule has 3 aromatic rings. The summed E-state index contributed by atoms with van der Waals surface area (Å²) in [5.74, 6) is 0.873. The largest absolute Gasteiger partial charge is 0.573 e. The molecular formula is C22H20ClF3N2O4. The van der Waals surface area contributed by atoms with Crippen LogP contribution in [0, 0.1) is 0 Å². The second-order valence-corrected chi connectivity index (χ2v) is 7.42. The standard InChI is InChI=1S/C22H20ClF3N2O4/c23-18-6-7-19(30-14-11-28-9-12-29-13-10-28)17-5-8-20(27-21(17)18)31-15-1-3-16(4-2-15)32-22(24,25)26/h1-8H,9-14H2. The molecule has 0 radical (unpaired) electrons. The summed E-state index contributed by atoms with van der Waals surface area (Å²) >= 11 is 6.32. The van der Waals surface area contributed by atoms with Crippen LogP contribution < -0.4 is 14.2 Å². The first-order valence-corrected chi connectivity index (χ1v) is 10.3. The van der Waals surface area contributed by atoms with Gasteiger partial charge in [0, 0.05) is 31.1 Å². The van der Waals surface area contributed by atoms with Crippen molar-refractivity contribution < 1.29 is 32.1 Å². The highest BCUT2D eigenvalue weighted by molar-refractivity contribution is 6.35. The van der Waals surface area contributed by atoms with E-state index in [1.165, 1.54) is 12.1 Å². The number of benzene rings is 2. The van der Waals surface area contributed by atoms with Crippen LogP contribution in [-0.2, 0) is 4.74 Å². The molecule has 2 aromatic carbocycles. The fraction of sp³-hybridized carbons (Fsp3) is 0.318. The molecular weight excluding hydrogens is 449 g/mol. The molecule has 2 heterocycles. The summed E-state index contributed by atoms with van der Waals surface area (Å²) in [4.78, 5) is 6.71. The van der Waals surface area contributed by atoms with Crippen LogP contribution in [0.25, 0.3) is 10.9 Å². The summed E-state index contributed by atoms with van der Waals surface area (Å²) in [5, 5.41) is 1.17. The van der Waals surface area contributed by atoms with E-state index in [0.717, 1.165) is 50.4 Å². The zero-order chi connectivity index (χ0) is 22.6. The molecule has 0 saturated carbocycles. The summed E-state index contributed by atoms with van der Waals surface area (Å²) in [5.41, 5.74) is 0.505. The van der Waals surface area contributed by atoms with E-state index < -0.39 is 6.36 Å². The van der Waals surface area contributed by atoms with Crippen molar-refractivity contribution in [1.82, 2.24) is 9.88 Å². The van der Waals surface area contributed by atoms with Gasteiger partial charge in [0.1, 0.15) is 23.9 Å². The zero-order valence-electron chi connectivity index (χ0n) is 16.9. The van der Waals surface area contributed by atoms with Crippen molar-refractivity contribution in [2.45, 2.75) is 6.36 Å². The van der Waals surface area contributed by atoms with E-state index in [9.17, 15) is 13.2 Å². The molecule has 32 heavy (non-hydrogen) atoms. The molecule has 4 rings (SSSR count). The highest BCUT2D eigenvalue weighted by Gasteiger charge is 2.31. The molecule has 1 fully saturated rings. The SMILES string of the molecule is FC(F)(F)Oc1ccc(Oc2ccc3c(OCCN4CCOCC4)ccc(Cl)c3n2)cc1. The normalized spacial score (nSPS) is 15.0. The maximum Gasteiger partial charge on any atom is 0.573 e. The molecule has 0 spiro atoms. The number of morpholine rings is 1. The Kier molecular flexibility index (Phi) is 6.88. The summed E-state index contributed by atoms with van der Waals surface area (Å²) < 4.78 is 57.7. The first kappa shape index (κ1) is 22.4. The highest BCUT2D eigenvalue weighted by atomic mass is 35.5. The average Bonchev–Trinajstić information content (AvgIpc) is 2.77. The minimum Gasteiger partial charge on any atom is -0.492 e. The number of fused-ring (bicyclic) bond motifs is 1. The second-order valence-electron chi connectivity index (χ2n) is 7.01. The first-order valence-electron chi connectivity index (χ1n) is 9.93. The average molecular weight is 469 g/mol. The predicted octanol–water partition coefficient (Wildman–Crippen LogP) is 5.29. The highest BCUT2D eigenvalue weighted by Crippen LogP contribution is 2.33. The van der Waals surface area contributed by atoms with Gasteiger partial charge in [-0.1, -0.05) is 11.6 Å². The Labute approximate surface area is 187 Å². The van der Waals surface area contributed by atoms with Gasteiger partial charge in [-0.25, -0.2) is 4.98 Å². The minimum atomic E-state index is -4.75. The minimum absolute atomic E-state index is 0.245. The third-order valence-electron chi connectivity index (χ3n) is 4.79. The zero-order valence-corrected chi connectivity index (χ0v) is 17.7. The predicted molar refractivity (Wildman–Crippen MR) is 113 cm³/mol. The van der Waals surface area contributed by atoms with Crippen LogP contribution in [-0.4, -0.2) is 55.7 Å². The lowest BCUT2D eigenvalue weighted by molar-refractivity contribution is -0.274. The molecule has 0 unspecified atom stereocenters. The van der Waals surface area contributed by atoms with Crippen LogP contribution in [0.4, 0.5) is 13.2 Å². The molecule has 0 N–H and O–H groups in total. The maximum absolute atomic E-state index is 12.3. The number of nitrogens with zero attached hydrogens (tertiary/aromatic N) is 2. The number of hydrogen-bond donors (Lipinski definition) is 0. The summed E-state index contributed by atoms with van der Waals surface area (Å²) in [6, 6.07) is 12.0. The molecule has 1 aliphatic rings. The van der Waals surface area contributed by atoms with Crippen LogP contribution in [0.15, 0.2) is 48.5 Å². The molecule has 170 valence electrons. The lowest BCUT2D eigenvalue weighted by Gasteiger charge is -2.26. The smallest absolute Gasteiger partial charge is 0.492 e. The number of rotatable bonds is 7. The van der Waals surface area contributed by atoms with Gasteiger partial charge in [0.15, 0.2) is 0 Å². The molecule has 1 aliphatic heterocycles. The van der Waals surface area contributed by atoms with E-state index in [0.29, 0.717) is 28.6 Å². The fourth-order valence-electron chi connectivity index (χ4n) is 3.26. The van der Waals surface area contributed by atoms with Gasteiger partial charge >= 0.3 is 6.36 Å². The number of hydrogen-bond acceptors (Lipinski definition) is 6. The van der Waals surface area contributed by atoms with Crippen LogP contribution in [0.1, 0.15) is 0 Å². The lowest BCUT2D eigenvalue weighted by Crippen LogP contribution is -2.38. The van der Waals surface area contributed by atoms with E-state index in [1.54, 1.807) is 24.3 Å². The Balaban J connectivity index is 1.44. The van der Waals surface area contributed by atoms with E-state index in [-0.39, 0.29) is 11.6 Å². The molecule has 0 aliphatic carbocycles. The molecule has 6 nitrogen and oxygen atoms in total. The van der Waals surface area contributed by atoms with Gasteiger partial charge < -0.3 is 18.9 Å². The second kappa shape index (κ2) is 9.81. The van der Waals surface area contributed by atoms with E-state index in [2.05, 4.69) is 14.6 Å². The van der Waals surface area contributed by atoms with Gasteiger partial charge in [0.25, 0.3) is 0 Å². The Morgan fingerprint density at radius 3 is 2.41 bits per heavy atom. The lowest BCUT2D eigenvalue weighted by atomic mass is 10.2. The van der Waals surface area contributed by atoms with E-state index in [4.69, 9.17) is 25.8 Å². The van der Waals surface area contributed by atoms with Crippen LogP contribution in [0.2, 0.25) is 5.02 Å². The van der Waals surface area contributed by atoms with Crippen LogP contribution in [0.5, 0.6) is 23.1 Å². The first-order chi connectivity index (χ1) is 15.4. The quantitative estimate of drug-likeness (QED) is 0.469. The maximum atomic E-state index is 12.3. The Hall–Kier alpha value is -2.75.